The third-order valence-corrected chi connectivity index (χ3v) is 2.66. The fourth-order valence-electron chi connectivity index (χ4n) is 1.25. The molecule has 0 saturated heterocycles. The molecule has 1 aliphatic heterocycles. The van der Waals surface area contributed by atoms with Gasteiger partial charge in [-0.3, -0.25) is 0 Å². The van der Waals surface area contributed by atoms with Crippen molar-refractivity contribution in [3.63, 3.8) is 0 Å². The minimum absolute atomic E-state index is 1.88. The molecule has 0 aromatic carbocycles. The van der Waals surface area contributed by atoms with Gasteiger partial charge in [0.15, 0.2) is 0 Å². The molecule has 1 rings (SSSR count). The number of nitrogens with zero attached hydrogens (tertiary/aromatic N) is 1. The van der Waals surface area contributed by atoms with Crippen molar-refractivity contribution in [2.75, 3.05) is 0 Å². The molecular formula is C7HCl2F10NO2. The van der Waals surface area contributed by atoms with Crippen LogP contribution in [-0.2, 0) is 9.57 Å². The average Bonchev–Trinajstić information content (AvgIpc) is 2.55. The second kappa shape index (κ2) is 5.08. The zero-order chi connectivity index (χ0) is 17.8. The summed E-state index contributed by atoms with van der Waals surface area (Å²) in [5.41, 5.74) is 0. The van der Waals surface area contributed by atoms with E-state index in [4.69, 9.17) is 0 Å². The molecule has 1 aliphatic rings. The summed E-state index contributed by atoms with van der Waals surface area (Å²) in [6.07, 6.45) is -12.3. The van der Waals surface area contributed by atoms with Gasteiger partial charge >= 0.3 is 28.9 Å². The molecule has 0 aromatic rings. The molecule has 1 heterocycles. The normalized spacial score (nSPS) is 19.8. The van der Waals surface area contributed by atoms with Crippen LogP contribution in [0.2, 0.25) is 0 Å². The first kappa shape index (κ1) is 19.2. The molecule has 0 amide bonds. The minimum atomic E-state index is -6.15. The highest BCUT2D eigenvalue weighted by atomic mass is 35.5. The molecule has 0 radical (unpaired) electrons. The van der Waals surface area contributed by atoms with Gasteiger partial charge in [0.1, 0.15) is 0 Å². The Morgan fingerprint density at radius 1 is 0.818 bits per heavy atom. The zero-order valence-corrected chi connectivity index (χ0v) is 10.9. The zero-order valence-electron chi connectivity index (χ0n) is 9.38. The van der Waals surface area contributed by atoms with Crippen molar-refractivity contribution >= 4 is 29.1 Å². The molecule has 0 bridgehead atoms. The van der Waals surface area contributed by atoms with E-state index in [0.717, 1.165) is 0 Å². The van der Waals surface area contributed by atoms with Gasteiger partial charge in [0.05, 0.1) is 0 Å². The number of oxime groups is 1. The van der Waals surface area contributed by atoms with E-state index in [2.05, 4.69) is 32.8 Å². The highest BCUT2D eigenvalue weighted by molar-refractivity contribution is 6.26. The summed E-state index contributed by atoms with van der Waals surface area (Å²) in [5, 5.41) is -8.78. The van der Waals surface area contributed by atoms with Crippen molar-refractivity contribution in [2.45, 2.75) is 28.9 Å². The molecule has 3 nitrogen and oxygen atoms in total. The van der Waals surface area contributed by atoms with Crippen LogP contribution in [0.25, 0.3) is 0 Å². The van der Waals surface area contributed by atoms with Crippen molar-refractivity contribution in [1.82, 2.24) is 0 Å². The summed E-state index contributed by atoms with van der Waals surface area (Å²) in [4.78, 5) is 3.26. The first-order valence-corrected chi connectivity index (χ1v) is 5.41. The van der Waals surface area contributed by atoms with Crippen LogP contribution in [0.5, 0.6) is 0 Å². The highest BCUT2D eigenvalue weighted by Crippen LogP contribution is 2.53. The molecule has 0 saturated carbocycles. The maximum Gasteiger partial charge on any atom is 0.433 e. The maximum atomic E-state index is 12.9. The Balaban J connectivity index is 3.29. The van der Waals surface area contributed by atoms with Crippen LogP contribution in [-0.4, -0.2) is 34.8 Å². The predicted octanol–water partition coefficient (Wildman–Crippen LogP) is 4.45. The van der Waals surface area contributed by atoms with E-state index in [9.17, 15) is 43.9 Å². The number of hydrogen-bond acceptors (Lipinski definition) is 3. The van der Waals surface area contributed by atoms with Gasteiger partial charge in [-0.2, -0.15) is 43.9 Å². The van der Waals surface area contributed by atoms with Crippen molar-refractivity contribution in [3.05, 3.63) is 0 Å². The second-order valence-electron chi connectivity index (χ2n) is 3.75. The van der Waals surface area contributed by atoms with E-state index >= 15 is 0 Å². The maximum absolute atomic E-state index is 12.9. The number of rotatable bonds is 3. The van der Waals surface area contributed by atoms with Crippen molar-refractivity contribution in [2.24, 2.45) is 11.1 Å². The van der Waals surface area contributed by atoms with E-state index in [-0.39, 0.29) is 0 Å². The summed E-state index contributed by atoms with van der Waals surface area (Å²) < 4.78 is 129. The van der Waals surface area contributed by atoms with Crippen LogP contribution in [0.1, 0.15) is 0 Å². The van der Waals surface area contributed by atoms with E-state index in [1.165, 1.54) is 0 Å². The van der Waals surface area contributed by atoms with Gasteiger partial charge in [-0.15, -0.1) is 0 Å². The number of hydrogen-bond donors (Lipinski definition) is 0. The lowest BCUT2D eigenvalue weighted by atomic mass is 10.1. The van der Waals surface area contributed by atoms with Crippen molar-refractivity contribution in [3.8, 4) is 0 Å². The van der Waals surface area contributed by atoms with Gasteiger partial charge in [0, 0.05) is 0 Å². The van der Waals surface area contributed by atoms with Crippen molar-refractivity contribution < 1.29 is 53.5 Å². The lowest BCUT2D eigenvalue weighted by Gasteiger charge is -2.32. The second-order valence-corrected chi connectivity index (χ2v) is 4.70. The molecule has 130 valence electrons. The first-order valence-electron chi connectivity index (χ1n) is 4.65. The SMILES string of the molecule is FC(F)(F)C(C1=NOC(C(F)(F)Cl)(C(F)(F)Cl)O1)C(F)(F)F. The molecule has 0 aromatic heterocycles. The summed E-state index contributed by atoms with van der Waals surface area (Å²) in [7, 11) is 0. The van der Waals surface area contributed by atoms with Crippen LogP contribution in [0, 0.1) is 5.92 Å². The first-order chi connectivity index (χ1) is 9.43. The average molecular weight is 392 g/mol. The third kappa shape index (κ3) is 3.24. The van der Waals surface area contributed by atoms with Gasteiger partial charge in [0.2, 0.25) is 5.92 Å². The van der Waals surface area contributed by atoms with Gasteiger partial charge in [-0.1, -0.05) is 0 Å². The molecule has 0 atom stereocenters. The summed E-state index contributed by atoms with van der Waals surface area (Å²) >= 11 is 8.39. The molecule has 0 spiro atoms. The molecule has 0 N–H and O–H groups in total. The molecular weight excluding hydrogens is 391 g/mol. The van der Waals surface area contributed by atoms with E-state index in [0.29, 0.717) is 0 Å². The Bertz CT molecular complexity index is 434. The van der Waals surface area contributed by atoms with E-state index in [1.807, 2.05) is 5.16 Å². The smallest absolute Gasteiger partial charge is 0.421 e. The Kier molecular flexibility index (Phi) is 4.43. The van der Waals surface area contributed by atoms with Crippen LogP contribution >= 0.6 is 23.2 Å². The Morgan fingerprint density at radius 3 is 1.41 bits per heavy atom. The lowest BCUT2D eigenvalue weighted by Crippen LogP contribution is -2.58. The van der Waals surface area contributed by atoms with E-state index < -0.39 is 40.7 Å². The van der Waals surface area contributed by atoms with Crippen LogP contribution in [0.3, 0.4) is 0 Å². The summed E-state index contributed by atoms with van der Waals surface area (Å²) in [5.74, 6) is -12.1. The standard InChI is InChI=1S/C7HCl2F10NO2/c8-6(16,17)5(7(9,18)19)21-2(20-22-5)1(3(10,11)12)4(13,14)15/h1H. The van der Waals surface area contributed by atoms with E-state index in [1.54, 1.807) is 0 Å². The molecule has 22 heavy (non-hydrogen) atoms. The fourth-order valence-corrected chi connectivity index (χ4v) is 1.68. The Hall–Kier alpha value is -0.850. The number of alkyl halides is 12. The van der Waals surface area contributed by atoms with Gasteiger partial charge in [-0.25, -0.2) is 0 Å². The Labute approximate surface area is 123 Å². The van der Waals surface area contributed by atoms with Gasteiger partial charge in [-0.05, 0) is 28.4 Å². The third-order valence-electron chi connectivity index (χ3n) is 2.16. The molecule has 0 aliphatic carbocycles. The Morgan fingerprint density at radius 2 is 1.18 bits per heavy atom. The topological polar surface area (TPSA) is 30.8 Å². The summed E-state index contributed by atoms with van der Waals surface area (Å²) in [6.45, 7) is 0. The predicted molar refractivity (Wildman–Crippen MR) is 49.5 cm³/mol. The van der Waals surface area contributed by atoms with Gasteiger partial charge < -0.3 is 9.57 Å². The molecule has 15 heteroatoms. The number of halogens is 12. The largest absolute Gasteiger partial charge is 0.433 e. The van der Waals surface area contributed by atoms with Crippen LogP contribution in [0.4, 0.5) is 43.9 Å². The molecule has 0 fully saturated rings. The summed E-state index contributed by atoms with van der Waals surface area (Å²) in [6, 6.07) is 0. The quantitative estimate of drug-likeness (QED) is 0.525. The molecule has 0 unspecified atom stereocenters. The highest BCUT2D eigenvalue weighted by Gasteiger charge is 2.78. The van der Waals surface area contributed by atoms with Gasteiger partial charge in [0.25, 0.3) is 5.90 Å². The van der Waals surface area contributed by atoms with Crippen LogP contribution < -0.4 is 0 Å². The number of ether oxygens (including phenoxy) is 1. The lowest BCUT2D eigenvalue weighted by molar-refractivity contribution is -0.327. The fraction of sp³-hybridized carbons (Fsp3) is 0.857. The monoisotopic (exact) mass is 391 g/mol. The van der Waals surface area contributed by atoms with Crippen LogP contribution in [0.15, 0.2) is 5.16 Å². The van der Waals surface area contributed by atoms with Crippen molar-refractivity contribution in [1.29, 1.82) is 0 Å². The minimum Gasteiger partial charge on any atom is -0.421 e.